The van der Waals surface area contributed by atoms with Gasteiger partial charge in [0.05, 0.1) is 5.56 Å². The lowest BCUT2D eigenvalue weighted by Crippen LogP contribution is -2.42. The molecule has 21 heavy (non-hydrogen) atoms. The molecule has 1 aliphatic heterocycles. The summed E-state index contributed by atoms with van der Waals surface area (Å²) in [6.07, 6.45) is -0.708. The highest BCUT2D eigenvalue weighted by atomic mass is 19.4. The predicted molar refractivity (Wildman–Crippen MR) is 78.1 cm³/mol. The van der Waals surface area contributed by atoms with E-state index in [1.54, 1.807) is 13.1 Å². The minimum atomic E-state index is -4.29. The number of benzene rings is 1. The molecule has 118 valence electrons. The zero-order chi connectivity index (χ0) is 15.5. The third-order valence-electron chi connectivity index (χ3n) is 4.32. The van der Waals surface area contributed by atoms with Gasteiger partial charge in [0, 0.05) is 18.6 Å². The summed E-state index contributed by atoms with van der Waals surface area (Å²) >= 11 is 0. The molecule has 0 spiro atoms. The number of likely N-dealkylation sites (tertiary alicyclic amines) is 1. The molecule has 5 heteroatoms. The lowest BCUT2D eigenvalue weighted by molar-refractivity contribution is -0.137. The largest absolute Gasteiger partial charge is 0.416 e. The van der Waals surface area contributed by atoms with Gasteiger partial charge in [-0.1, -0.05) is 18.6 Å². The molecular weight excluding hydrogens is 277 g/mol. The molecule has 1 aromatic rings. The Balaban J connectivity index is 2.13. The lowest BCUT2D eigenvalue weighted by atomic mass is 9.99. The predicted octanol–water partition coefficient (Wildman–Crippen LogP) is 3.84. The van der Waals surface area contributed by atoms with Crippen LogP contribution in [0.5, 0.6) is 0 Å². The van der Waals surface area contributed by atoms with Crippen molar-refractivity contribution in [2.45, 2.75) is 44.4 Å². The number of nitrogens with one attached hydrogen (secondary N) is 1. The quantitative estimate of drug-likeness (QED) is 0.909. The molecule has 2 nitrogen and oxygen atoms in total. The third-order valence-corrected chi connectivity index (χ3v) is 4.32. The van der Waals surface area contributed by atoms with Gasteiger partial charge in [0.2, 0.25) is 0 Å². The van der Waals surface area contributed by atoms with Gasteiger partial charge in [-0.3, -0.25) is 4.90 Å². The zero-order valence-corrected chi connectivity index (χ0v) is 12.6. The summed E-state index contributed by atoms with van der Waals surface area (Å²) in [5.74, 6) is 0. The maximum atomic E-state index is 12.8. The zero-order valence-electron chi connectivity index (χ0n) is 12.6. The molecule has 0 saturated carbocycles. The molecule has 0 aromatic heterocycles. The third kappa shape index (κ3) is 4.20. The Labute approximate surface area is 124 Å². The Morgan fingerprint density at radius 1 is 1.33 bits per heavy atom. The first-order valence-corrected chi connectivity index (χ1v) is 7.50. The number of piperidine rings is 1. The summed E-state index contributed by atoms with van der Waals surface area (Å²) in [7, 11) is 1.81. The number of halogens is 3. The Morgan fingerprint density at radius 3 is 2.71 bits per heavy atom. The van der Waals surface area contributed by atoms with Crippen molar-refractivity contribution in [3.05, 3.63) is 35.4 Å². The van der Waals surface area contributed by atoms with Crippen LogP contribution in [0, 0.1) is 0 Å². The molecule has 1 heterocycles. The van der Waals surface area contributed by atoms with E-state index in [-0.39, 0.29) is 6.04 Å². The Morgan fingerprint density at radius 2 is 2.10 bits per heavy atom. The fraction of sp³-hybridized carbons (Fsp3) is 0.625. The number of nitrogens with zero attached hydrogens (tertiary/aromatic N) is 1. The van der Waals surface area contributed by atoms with Gasteiger partial charge in [0.15, 0.2) is 0 Å². The molecule has 1 saturated heterocycles. The van der Waals surface area contributed by atoms with Crippen LogP contribution in [0.3, 0.4) is 0 Å². The van der Waals surface area contributed by atoms with Gasteiger partial charge < -0.3 is 5.32 Å². The van der Waals surface area contributed by atoms with Crippen LogP contribution in [0.2, 0.25) is 0 Å². The van der Waals surface area contributed by atoms with Crippen LogP contribution in [0.4, 0.5) is 13.2 Å². The highest BCUT2D eigenvalue weighted by molar-refractivity contribution is 5.28. The Hall–Kier alpha value is -1.07. The molecular formula is C16H23F3N2. The first-order chi connectivity index (χ1) is 9.91. The summed E-state index contributed by atoms with van der Waals surface area (Å²) in [5, 5.41) is 3.16. The second-order valence-electron chi connectivity index (χ2n) is 5.80. The minimum Gasteiger partial charge on any atom is -0.312 e. The highest BCUT2D eigenvalue weighted by Gasteiger charge is 2.31. The highest BCUT2D eigenvalue weighted by Crippen LogP contribution is 2.31. The summed E-state index contributed by atoms with van der Waals surface area (Å²) in [4.78, 5) is 2.37. The number of hydrogen-bond donors (Lipinski definition) is 1. The molecule has 1 N–H and O–H groups in total. The molecule has 2 atom stereocenters. The van der Waals surface area contributed by atoms with E-state index >= 15 is 0 Å². The Bertz CT molecular complexity index is 459. The molecule has 0 amide bonds. The molecule has 0 aliphatic carbocycles. The van der Waals surface area contributed by atoms with Crippen LogP contribution in [0.25, 0.3) is 0 Å². The average molecular weight is 300 g/mol. The van der Waals surface area contributed by atoms with Crippen molar-refractivity contribution in [1.29, 1.82) is 0 Å². The maximum absolute atomic E-state index is 12.8. The van der Waals surface area contributed by atoms with E-state index in [4.69, 9.17) is 0 Å². The van der Waals surface area contributed by atoms with Gasteiger partial charge in [-0.25, -0.2) is 0 Å². The molecule has 1 fully saturated rings. The van der Waals surface area contributed by atoms with Crippen molar-refractivity contribution < 1.29 is 13.2 Å². The number of hydrogen-bond acceptors (Lipinski definition) is 2. The van der Waals surface area contributed by atoms with Gasteiger partial charge in [-0.15, -0.1) is 0 Å². The van der Waals surface area contributed by atoms with Gasteiger partial charge in [0.25, 0.3) is 0 Å². The van der Waals surface area contributed by atoms with Crippen molar-refractivity contribution in [1.82, 2.24) is 10.2 Å². The van der Waals surface area contributed by atoms with E-state index in [2.05, 4.69) is 17.1 Å². The van der Waals surface area contributed by atoms with Crippen LogP contribution >= 0.6 is 0 Å². The van der Waals surface area contributed by atoms with Crippen molar-refractivity contribution in [2.24, 2.45) is 0 Å². The van der Waals surface area contributed by atoms with E-state index < -0.39 is 11.7 Å². The standard InChI is InChI=1S/C16H23F3N2/c1-12-6-3-4-9-21(12)11-15(20-2)13-7-5-8-14(10-13)16(17,18)19/h5,7-8,10,12,15,20H,3-4,6,9,11H2,1-2H3. The average Bonchev–Trinajstić information content (AvgIpc) is 2.46. The van der Waals surface area contributed by atoms with Crippen LogP contribution < -0.4 is 5.32 Å². The van der Waals surface area contributed by atoms with E-state index in [1.807, 2.05) is 0 Å². The molecule has 1 aromatic carbocycles. The smallest absolute Gasteiger partial charge is 0.312 e. The van der Waals surface area contributed by atoms with Crippen LogP contribution in [-0.2, 0) is 6.18 Å². The van der Waals surface area contributed by atoms with E-state index in [1.165, 1.54) is 31.4 Å². The summed E-state index contributed by atoms with van der Waals surface area (Å²) in [6.45, 7) is 3.97. The van der Waals surface area contributed by atoms with Crippen LogP contribution in [0.15, 0.2) is 24.3 Å². The first kappa shape index (κ1) is 16.3. The van der Waals surface area contributed by atoms with Crippen molar-refractivity contribution in [3.8, 4) is 0 Å². The van der Waals surface area contributed by atoms with Gasteiger partial charge in [-0.05, 0) is 51.1 Å². The van der Waals surface area contributed by atoms with E-state index in [9.17, 15) is 13.2 Å². The molecule has 2 rings (SSSR count). The lowest BCUT2D eigenvalue weighted by Gasteiger charge is -2.36. The molecule has 0 radical (unpaired) electrons. The number of likely N-dealkylation sites (N-methyl/N-ethyl adjacent to an activating group) is 1. The van der Waals surface area contributed by atoms with Gasteiger partial charge in [0.1, 0.15) is 0 Å². The minimum absolute atomic E-state index is 0.0761. The fourth-order valence-electron chi connectivity index (χ4n) is 2.96. The SMILES string of the molecule is CNC(CN1CCCCC1C)c1cccc(C(F)(F)F)c1. The van der Waals surface area contributed by atoms with Crippen LogP contribution in [0.1, 0.15) is 43.4 Å². The number of alkyl halides is 3. The van der Waals surface area contributed by atoms with Gasteiger partial charge in [-0.2, -0.15) is 13.2 Å². The second-order valence-corrected chi connectivity index (χ2v) is 5.80. The molecule has 2 unspecified atom stereocenters. The van der Waals surface area contributed by atoms with Crippen LogP contribution in [-0.4, -0.2) is 31.1 Å². The fourth-order valence-corrected chi connectivity index (χ4v) is 2.96. The monoisotopic (exact) mass is 300 g/mol. The van der Waals surface area contributed by atoms with Crippen molar-refractivity contribution >= 4 is 0 Å². The summed E-state index contributed by atoms with van der Waals surface area (Å²) in [6, 6.07) is 6.07. The first-order valence-electron chi connectivity index (χ1n) is 7.50. The summed E-state index contributed by atoms with van der Waals surface area (Å²) in [5.41, 5.74) is 0.122. The topological polar surface area (TPSA) is 15.3 Å². The molecule has 0 bridgehead atoms. The Kier molecular flexibility index (Phi) is 5.27. The van der Waals surface area contributed by atoms with Crippen molar-refractivity contribution in [3.63, 3.8) is 0 Å². The van der Waals surface area contributed by atoms with Gasteiger partial charge >= 0.3 is 6.18 Å². The summed E-state index contributed by atoms with van der Waals surface area (Å²) < 4.78 is 38.5. The van der Waals surface area contributed by atoms with E-state index in [0.717, 1.165) is 19.2 Å². The molecule has 1 aliphatic rings. The maximum Gasteiger partial charge on any atom is 0.416 e. The normalized spacial score (nSPS) is 22.2. The van der Waals surface area contributed by atoms with Crippen molar-refractivity contribution in [2.75, 3.05) is 20.1 Å². The van der Waals surface area contributed by atoms with E-state index in [0.29, 0.717) is 11.6 Å². The number of rotatable bonds is 4. The second kappa shape index (κ2) is 6.79.